The van der Waals surface area contributed by atoms with Crippen molar-refractivity contribution in [3.63, 3.8) is 0 Å². The Kier molecular flexibility index (Phi) is 4.64. The van der Waals surface area contributed by atoms with Crippen LogP contribution < -0.4 is 11.0 Å². The first-order valence-corrected chi connectivity index (χ1v) is 8.12. The van der Waals surface area contributed by atoms with Crippen LogP contribution in [0.4, 0.5) is 0 Å². The molecule has 0 bridgehead atoms. The monoisotopic (exact) mass is 315 g/mol. The predicted molar refractivity (Wildman–Crippen MR) is 94.8 cm³/mol. The van der Waals surface area contributed by atoms with Crippen LogP contribution in [0.5, 0.6) is 5.75 Å². The van der Waals surface area contributed by atoms with Crippen molar-refractivity contribution < 1.29 is 5.11 Å². The third-order valence-corrected chi connectivity index (χ3v) is 4.24. The van der Waals surface area contributed by atoms with Gasteiger partial charge in [-0.1, -0.05) is 47.6 Å². The summed E-state index contributed by atoms with van der Waals surface area (Å²) in [5, 5.41) is 10.3. The van der Waals surface area contributed by atoms with Gasteiger partial charge in [0.1, 0.15) is 0 Å². The Balaban J connectivity index is 3.23. The Morgan fingerprint density at radius 1 is 0.870 bits per heavy atom. The predicted octanol–water partition coefficient (Wildman–Crippen LogP) is 3.96. The number of aromatic amines is 1. The van der Waals surface area contributed by atoms with Crippen molar-refractivity contribution >= 4 is 10.9 Å². The Bertz CT molecular complexity index is 861. The first kappa shape index (κ1) is 17.3. The molecular weight excluding hydrogens is 290 g/mol. The first-order chi connectivity index (χ1) is 10.6. The Hall–Kier alpha value is -2.10. The fourth-order valence-electron chi connectivity index (χ4n) is 3.13. The maximum absolute atomic E-state index is 12.6. The number of benzene rings is 1. The second kappa shape index (κ2) is 6.19. The van der Waals surface area contributed by atoms with E-state index in [1.807, 2.05) is 27.7 Å². The molecule has 1 heterocycles. The van der Waals surface area contributed by atoms with E-state index in [1.165, 1.54) is 0 Å². The smallest absolute Gasteiger partial charge is 0.290 e. The van der Waals surface area contributed by atoms with Crippen LogP contribution in [0.25, 0.3) is 10.9 Å². The van der Waals surface area contributed by atoms with Crippen LogP contribution in [-0.4, -0.2) is 10.1 Å². The summed E-state index contributed by atoms with van der Waals surface area (Å²) in [5.41, 5.74) is 2.63. The van der Waals surface area contributed by atoms with Crippen LogP contribution in [0.15, 0.2) is 21.7 Å². The molecule has 4 nitrogen and oxygen atoms in total. The molecule has 0 unspecified atom stereocenters. The van der Waals surface area contributed by atoms with E-state index in [-0.39, 0.29) is 23.2 Å². The molecule has 0 saturated carbocycles. The Morgan fingerprint density at radius 3 is 1.91 bits per heavy atom. The molecule has 0 aliphatic heterocycles. The van der Waals surface area contributed by atoms with E-state index in [1.54, 1.807) is 0 Å². The van der Waals surface area contributed by atoms with Crippen LogP contribution in [0.1, 0.15) is 76.0 Å². The Labute approximate surface area is 136 Å². The summed E-state index contributed by atoms with van der Waals surface area (Å²) < 4.78 is 0. The Morgan fingerprint density at radius 2 is 1.43 bits per heavy atom. The molecule has 2 aromatic rings. The van der Waals surface area contributed by atoms with Crippen LogP contribution in [0, 0.1) is 0 Å². The van der Waals surface area contributed by atoms with Crippen molar-refractivity contribution in [2.24, 2.45) is 0 Å². The van der Waals surface area contributed by atoms with Gasteiger partial charge in [0, 0.05) is 11.5 Å². The van der Waals surface area contributed by atoms with Gasteiger partial charge >= 0.3 is 0 Å². The lowest BCUT2D eigenvalue weighted by Crippen LogP contribution is -2.10. The number of aromatic nitrogens is 1. The maximum atomic E-state index is 12.6. The highest BCUT2D eigenvalue weighted by molar-refractivity contribution is 5.87. The number of hydrogen-bond acceptors (Lipinski definition) is 3. The minimum Gasteiger partial charge on any atom is -0.503 e. The summed E-state index contributed by atoms with van der Waals surface area (Å²) in [5.74, 6) is 0.0152. The zero-order valence-electron chi connectivity index (χ0n) is 14.7. The minimum atomic E-state index is -0.630. The van der Waals surface area contributed by atoms with Gasteiger partial charge in [-0.3, -0.25) is 9.59 Å². The zero-order chi connectivity index (χ0) is 17.5. The number of nitrogens with one attached hydrogen (secondary N) is 1. The summed E-state index contributed by atoms with van der Waals surface area (Å²) in [6.45, 7) is 12.4. The third kappa shape index (κ3) is 3.03. The highest BCUT2D eigenvalue weighted by Crippen LogP contribution is 2.35. The van der Waals surface area contributed by atoms with Gasteiger partial charge in [-0.2, -0.15) is 0 Å². The molecule has 0 aliphatic rings. The molecule has 0 radical (unpaired) electrons. The highest BCUT2D eigenvalue weighted by atomic mass is 16.3. The van der Waals surface area contributed by atoms with Gasteiger partial charge in [-0.05, 0) is 34.4 Å². The summed E-state index contributed by atoms with van der Waals surface area (Å²) in [6, 6.07) is 3.11. The van der Waals surface area contributed by atoms with Crippen molar-refractivity contribution in [1.82, 2.24) is 4.98 Å². The van der Waals surface area contributed by atoms with Gasteiger partial charge in [0.15, 0.2) is 11.2 Å². The first-order valence-electron chi connectivity index (χ1n) is 8.12. The van der Waals surface area contributed by atoms with Crippen LogP contribution in [0.2, 0.25) is 0 Å². The van der Waals surface area contributed by atoms with Crippen molar-refractivity contribution in [2.75, 3.05) is 0 Å². The van der Waals surface area contributed by atoms with E-state index < -0.39 is 11.3 Å². The summed E-state index contributed by atoms with van der Waals surface area (Å²) >= 11 is 0. The summed E-state index contributed by atoms with van der Waals surface area (Å²) in [4.78, 5) is 27.5. The molecule has 0 fully saturated rings. The molecule has 23 heavy (non-hydrogen) atoms. The van der Waals surface area contributed by atoms with Gasteiger partial charge in [0.05, 0.1) is 5.52 Å². The van der Waals surface area contributed by atoms with Gasteiger partial charge in [0.25, 0.3) is 5.56 Å². The quantitative estimate of drug-likeness (QED) is 0.900. The van der Waals surface area contributed by atoms with E-state index >= 15 is 0 Å². The number of hydrogen-bond donors (Lipinski definition) is 2. The average molecular weight is 315 g/mol. The fourth-order valence-corrected chi connectivity index (χ4v) is 3.13. The SMILES string of the molecule is CC(C)c1cc(C(C)C)c2c(=O)cc(O)c(=O)[nH]c2c1C(C)C. The third-order valence-electron chi connectivity index (χ3n) is 4.24. The molecule has 0 saturated heterocycles. The highest BCUT2D eigenvalue weighted by Gasteiger charge is 2.20. The number of fused-ring (bicyclic) bond motifs is 1. The van der Waals surface area contributed by atoms with E-state index in [0.29, 0.717) is 10.9 Å². The van der Waals surface area contributed by atoms with E-state index in [4.69, 9.17) is 0 Å². The molecule has 0 atom stereocenters. The summed E-state index contributed by atoms with van der Waals surface area (Å²) in [7, 11) is 0. The summed E-state index contributed by atoms with van der Waals surface area (Å²) in [6.07, 6.45) is 0. The maximum Gasteiger partial charge on any atom is 0.290 e. The van der Waals surface area contributed by atoms with Crippen LogP contribution in [-0.2, 0) is 0 Å². The molecular formula is C19H25NO3. The normalized spacial score (nSPS) is 11.9. The molecule has 1 aromatic heterocycles. The fraction of sp³-hybridized carbons (Fsp3) is 0.474. The molecule has 124 valence electrons. The second-order valence-corrected chi connectivity index (χ2v) is 7.03. The average Bonchev–Trinajstić information content (AvgIpc) is 2.54. The van der Waals surface area contributed by atoms with Crippen LogP contribution in [0.3, 0.4) is 0 Å². The number of rotatable bonds is 3. The molecule has 4 heteroatoms. The molecule has 2 rings (SSSR count). The minimum absolute atomic E-state index is 0.136. The molecule has 0 aliphatic carbocycles. The van der Waals surface area contributed by atoms with E-state index in [9.17, 15) is 14.7 Å². The zero-order valence-corrected chi connectivity index (χ0v) is 14.7. The lowest BCUT2D eigenvalue weighted by Gasteiger charge is -2.21. The second-order valence-electron chi connectivity index (χ2n) is 7.03. The number of H-pyrrole nitrogens is 1. The van der Waals surface area contributed by atoms with Crippen molar-refractivity contribution in [2.45, 2.75) is 59.3 Å². The molecule has 0 amide bonds. The number of aromatic hydroxyl groups is 1. The topological polar surface area (TPSA) is 70.2 Å². The van der Waals surface area contributed by atoms with Gasteiger partial charge in [-0.25, -0.2) is 0 Å². The lowest BCUT2D eigenvalue weighted by molar-refractivity contribution is 0.468. The van der Waals surface area contributed by atoms with Crippen molar-refractivity contribution in [3.8, 4) is 5.75 Å². The van der Waals surface area contributed by atoms with Crippen molar-refractivity contribution in [3.05, 3.63) is 49.4 Å². The molecule has 1 aromatic carbocycles. The van der Waals surface area contributed by atoms with Gasteiger partial charge < -0.3 is 10.1 Å². The van der Waals surface area contributed by atoms with E-state index in [0.717, 1.165) is 22.8 Å². The molecule has 0 spiro atoms. The van der Waals surface area contributed by atoms with Gasteiger partial charge in [-0.15, -0.1) is 0 Å². The molecule has 2 N–H and O–H groups in total. The standard InChI is InChI=1S/C19H25NO3/c1-9(2)12-7-13(10(3)4)17-14(21)8-15(22)19(23)20-18(17)16(12)11(5)6/h7-11,22H,1-6H3,(H,20,23). The van der Waals surface area contributed by atoms with Crippen molar-refractivity contribution in [1.29, 1.82) is 0 Å². The van der Waals surface area contributed by atoms with Crippen LogP contribution >= 0.6 is 0 Å². The van der Waals surface area contributed by atoms with E-state index in [2.05, 4.69) is 24.9 Å². The largest absolute Gasteiger partial charge is 0.503 e. The lowest BCUT2D eigenvalue weighted by atomic mass is 9.84. The van der Waals surface area contributed by atoms with Gasteiger partial charge in [0.2, 0.25) is 0 Å².